The van der Waals surface area contributed by atoms with E-state index in [-0.39, 0.29) is 16.2 Å². The summed E-state index contributed by atoms with van der Waals surface area (Å²) in [4.78, 5) is 12.2. The Labute approximate surface area is 126 Å². The Morgan fingerprint density at radius 1 is 1.10 bits per heavy atom. The lowest BCUT2D eigenvalue weighted by molar-refractivity contribution is 0.102. The van der Waals surface area contributed by atoms with E-state index in [2.05, 4.69) is 21.2 Å². The van der Waals surface area contributed by atoms with Gasteiger partial charge in [-0.25, -0.2) is 4.39 Å². The van der Waals surface area contributed by atoms with E-state index in [1.807, 2.05) is 32.9 Å². The fourth-order valence-electron chi connectivity index (χ4n) is 2.20. The van der Waals surface area contributed by atoms with Crippen LogP contribution in [0.2, 0.25) is 0 Å². The summed E-state index contributed by atoms with van der Waals surface area (Å²) in [7, 11) is 0. The maximum Gasteiger partial charge on any atom is 0.255 e. The van der Waals surface area contributed by atoms with Crippen LogP contribution < -0.4 is 5.32 Å². The van der Waals surface area contributed by atoms with Gasteiger partial charge in [0.25, 0.3) is 5.91 Å². The van der Waals surface area contributed by atoms with E-state index in [1.54, 1.807) is 0 Å². The molecule has 0 radical (unpaired) electrons. The van der Waals surface area contributed by atoms with Gasteiger partial charge in [-0.1, -0.05) is 17.7 Å². The number of amides is 1. The van der Waals surface area contributed by atoms with Crippen molar-refractivity contribution in [1.82, 2.24) is 0 Å². The number of hydrogen-bond acceptors (Lipinski definition) is 1. The molecular formula is C16H15BrFNO. The molecule has 0 fully saturated rings. The average Bonchev–Trinajstić information content (AvgIpc) is 2.36. The number of carbonyl (C=O) groups is 1. The summed E-state index contributed by atoms with van der Waals surface area (Å²) in [5.41, 5.74) is 4.40. The van der Waals surface area contributed by atoms with Gasteiger partial charge in [0.15, 0.2) is 0 Å². The molecule has 0 saturated heterocycles. The molecule has 2 aromatic rings. The van der Waals surface area contributed by atoms with E-state index >= 15 is 0 Å². The number of rotatable bonds is 2. The second-order valence-corrected chi connectivity index (χ2v) is 5.71. The smallest absolute Gasteiger partial charge is 0.255 e. The Kier molecular flexibility index (Phi) is 4.23. The Balaban J connectivity index is 2.30. The van der Waals surface area contributed by atoms with Gasteiger partial charge in [0.2, 0.25) is 0 Å². The van der Waals surface area contributed by atoms with Crippen molar-refractivity contribution in [3.8, 4) is 0 Å². The Morgan fingerprint density at radius 2 is 1.70 bits per heavy atom. The number of carbonyl (C=O) groups excluding carboxylic acids is 1. The zero-order chi connectivity index (χ0) is 14.9. The molecule has 0 aliphatic rings. The van der Waals surface area contributed by atoms with Crippen molar-refractivity contribution in [2.45, 2.75) is 20.8 Å². The quantitative estimate of drug-likeness (QED) is 0.841. The minimum Gasteiger partial charge on any atom is -0.322 e. The lowest BCUT2D eigenvalue weighted by Gasteiger charge is -2.13. The second-order valence-electron chi connectivity index (χ2n) is 4.86. The van der Waals surface area contributed by atoms with Gasteiger partial charge >= 0.3 is 0 Å². The fourth-order valence-corrected chi connectivity index (χ4v) is 2.58. The van der Waals surface area contributed by atoms with Crippen LogP contribution in [0.5, 0.6) is 0 Å². The molecule has 0 unspecified atom stereocenters. The van der Waals surface area contributed by atoms with Gasteiger partial charge in [-0.05, 0) is 66.0 Å². The van der Waals surface area contributed by atoms with Crippen molar-refractivity contribution in [3.05, 3.63) is 62.9 Å². The molecule has 104 valence electrons. The minimum atomic E-state index is -0.385. The topological polar surface area (TPSA) is 29.1 Å². The van der Waals surface area contributed by atoms with E-state index in [9.17, 15) is 9.18 Å². The SMILES string of the molecule is Cc1cc(C)c(NC(=O)c2ccc(F)c(Br)c2)c(C)c1. The molecular weight excluding hydrogens is 321 g/mol. The Morgan fingerprint density at radius 3 is 2.25 bits per heavy atom. The standard InChI is InChI=1S/C16H15BrFNO/c1-9-6-10(2)15(11(3)7-9)19-16(20)12-4-5-14(18)13(17)8-12/h4-8H,1-3H3,(H,19,20). The molecule has 2 nitrogen and oxygen atoms in total. The third kappa shape index (κ3) is 3.07. The van der Waals surface area contributed by atoms with Gasteiger partial charge in [0.05, 0.1) is 4.47 Å². The summed E-state index contributed by atoms with van der Waals surface area (Å²) in [5.74, 6) is -0.634. The third-order valence-corrected chi connectivity index (χ3v) is 3.71. The number of aryl methyl sites for hydroxylation is 3. The third-order valence-electron chi connectivity index (χ3n) is 3.10. The average molecular weight is 336 g/mol. The summed E-state index contributed by atoms with van der Waals surface area (Å²) >= 11 is 3.08. The molecule has 20 heavy (non-hydrogen) atoms. The lowest BCUT2D eigenvalue weighted by Crippen LogP contribution is -2.14. The Hall–Kier alpha value is -1.68. The monoisotopic (exact) mass is 335 g/mol. The maximum atomic E-state index is 13.2. The summed E-state index contributed by atoms with van der Waals surface area (Å²) in [6.07, 6.45) is 0. The van der Waals surface area contributed by atoms with Crippen LogP contribution >= 0.6 is 15.9 Å². The predicted octanol–water partition coefficient (Wildman–Crippen LogP) is 4.77. The van der Waals surface area contributed by atoms with Crippen LogP contribution in [-0.2, 0) is 0 Å². The van der Waals surface area contributed by atoms with Crippen molar-refractivity contribution >= 4 is 27.5 Å². The molecule has 0 aromatic heterocycles. The predicted molar refractivity (Wildman–Crippen MR) is 82.7 cm³/mol. The summed E-state index contributed by atoms with van der Waals surface area (Å²) < 4.78 is 13.5. The second kappa shape index (κ2) is 5.75. The number of nitrogens with one attached hydrogen (secondary N) is 1. The van der Waals surface area contributed by atoms with Crippen molar-refractivity contribution in [1.29, 1.82) is 0 Å². The van der Waals surface area contributed by atoms with Crippen LogP contribution in [-0.4, -0.2) is 5.91 Å². The highest BCUT2D eigenvalue weighted by Crippen LogP contribution is 2.23. The van der Waals surface area contributed by atoms with Gasteiger partial charge in [0, 0.05) is 11.3 Å². The molecule has 1 amide bonds. The molecule has 0 bridgehead atoms. The number of hydrogen-bond donors (Lipinski definition) is 1. The molecule has 1 N–H and O–H groups in total. The largest absolute Gasteiger partial charge is 0.322 e. The van der Waals surface area contributed by atoms with E-state index in [0.717, 1.165) is 22.4 Å². The highest BCUT2D eigenvalue weighted by Gasteiger charge is 2.11. The molecule has 2 rings (SSSR count). The minimum absolute atomic E-state index is 0.249. The molecule has 0 atom stereocenters. The van der Waals surface area contributed by atoms with Crippen molar-refractivity contribution in [2.75, 3.05) is 5.32 Å². The summed E-state index contributed by atoms with van der Waals surface area (Å²) in [6, 6.07) is 8.25. The maximum absolute atomic E-state index is 13.2. The van der Waals surface area contributed by atoms with Crippen LogP contribution in [0, 0.1) is 26.6 Å². The first-order chi connectivity index (χ1) is 9.38. The number of anilines is 1. The van der Waals surface area contributed by atoms with Gasteiger partial charge in [-0.15, -0.1) is 0 Å². The summed E-state index contributed by atoms with van der Waals surface area (Å²) in [6.45, 7) is 5.93. The first-order valence-electron chi connectivity index (χ1n) is 6.22. The Bertz CT molecular complexity index is 659. The molecule has 0 saturated carbocycles. The highest BCUT2D eigenvalue weighted by molar-refractivity contribution is 9.10. The van der Waals surface area contributed by atoms with Crippen LogP contribution in [0.3, 0.4) is 0 Å². The van der Waals surface area contributed by atoms with E-state index in [4.69, 9.17) is 0 Å². The zero-order valence-electron chi connectivity index (χ0n) is 11.6. The van der Waals surface area contributed by atoms with Crippen LogP contribution in [0.15, 0.2) is 34.8 Å². The van der Waals surface area contributed by atoms with Gasteiger partial charge in [-0.2, -0.15) is 0 Å². The first kappa shape index (κ1) is 14.7. The van der Waals surface area contributed by atoms with E-state index < -0.39 is 0 Å². The highest BCUT2D eigenvalue weighted by atomic mass is 79.9. The number of halogens is 2. The van der Waals surface area contributed by atoms with E-state index in [1.165, 1.54) is 18.2 Å². The van der Waals surface area contributed by atoms with Gasteiger partial charge in [0.1, 0.15) is 5.82 Å². The lowest BCUT2D eigenvalue weighted by atomic mass is 10.0. The van der Waals surface area contributed by atoms with Crippen LogP contribution in [0.1, 0.15) is 27.0 Å². The molecule has 0 aliphatic carbocycles. The zero-order valence-corrected chi connectivity index (χ0v) is 13.1. The molecule has 0 spiro atoms. The fraction of sp³-hybridized carbons (Fsp3) is 0.188. The van der Waals surface area contributed by atoms with Crippen molar-refractivity contribution in [3.63, 3.8) is 0 Å². The molecule has 4 heteroatoms. The summed E-state index contributed by atoms with van der Waals surface area (Å²) in [5, 5.41) is 2.89. The molecule has 0 aliphatic heterocycles. The number of benzene rings is 2. The van der Waals surface area contributed by atoms with Crippen LogP contribution in [0.4, 0.5) is 10.1 Å². The van der Waals surface area contributed by atoms with Gasteiger partial charge in [-0.3, -0.25) is 4.79 Å². The van der Waals surface area contributed by atoms with Crippen molar-refractivity contribution < 1.29 is 9.18 Å². The molecule has 2 aromatic carbocycles. The van der Waals surface area contributed by atoms with Crippen molar-refractivity contribution in [2.24, 2.45) is 0 Å². The molecule has 0 heterocycles. The normalized spacial score (nSPS) is 10.4. The van der Waals surface area contributed by atoms with Crippen LogP contribution in [0.25, 0.3) is 0 Å². The first-order valence-corrected chi connectivity index (χ1v) is 7.02. The van der Waals surface area contributed by atoms with E-state index in [0.29, 0.717) is 5.56 Å². The van der Waals surface area contributed by atoms with Gasteiger partial charge < -0.3 is 5.32 Å².